The highest BCUT2D eigenvalue weighted by atomic mass is 19.1. The number of nitro groups is 1. The number of aryl methyl sites for hydroxylation is 1. The molecule has 0 aliphatic rings. The summed E-state index contributed by atoms with van der Waals surface area (Å²) in [4.78, 5) is 26.2. The van der Waals surface area contributed by atoms with Gasteiger partial charge in [0.05, 0.1) is 10.6 Å². The van der Waals surface area contributed by atoms with Gasteiger partial charge in [0.1, 0.15) is 17.3 Å². The van der Waals surface area contributed by atoms with Crippen LogP contribution in [-0.2, 0) is 6.54 Å². The van der Waals surface area contributed by atoms with Gasteiger partial charge in [0.15, 0.2) is 5.78 Å². The van der Waals surface area contributed by atoms with Crippen molar-refractivity contribution in [3.8, 4) is 5.69 Å². The monoisotopic (exact) mass is 368 g/mol. The Bertz CT molecular complexity index is 1030. The van der Waals surface area contributed by atoms with Crippen LogP contribution in [0.2, 0.25) is 0 Å². The Morgan fingerprint density at radius 3 is 2.67 bits per heavy atom. The maximum Gasteiger partial charge on any atom is 0.293 e. The van der Waals surface area contributed by atoms with Gasteiger partial charge in [0, 0.05) is 30.6 Å². The average Bonchev–Trinajstić information content (AvgIpc) is 3.05. The lowest BCUT2D eigenvalue weighted by atomic mass is 10.1. The number of benzene rings is 2. The first-order valence-electron chi connectivity index (χ1n) is 8.19. The Kier molecular flexibility index (Phi) is 4.98. The Labute approximate surface area is 154 Å². The van der Waals surface area contributed by atoms with Crippen molar-refractivity contribution in [2.45, 2.75) is 20.4 Å². The molecule has 0 aliphatic heterocycles. The third-order valence-corrected chi connectivity index (χ3v) is 4.18. The number of halogens is 1. The minimum Gasteiger partial charge on any atom is -0.375 e. The molecule has 3 rings (SSSR count). The van der Waals surface area contributed by atoms with Crippen molar-refractivity contribution in [3.05, 3.63) is 81.7 Å². The second-order valence-electron chi connectivity index (χ2n) is 6.03. The molecule has 1 N–H and O–H groups in total. The number of ketones is 1. The summed E-state index contributed by atoms with van der Waals surface area (Å²) in [6.45, 7) is 3.32. The predicted octanol–water partition coefficient (Wildman–Crippen LogP) is 4.04. The number of carbonyl (C=O) groups is 1. The van der Waals surface area contributed by atoms with Gasteiger partial charge in [0.25, 0.3) is 5.69 Å². The van der Waals surface area contributed by atoms with Gasteiger partial charge in [-0.2, -0.15) is 0 Å². The van der Waals surface area contributed by atoms with E-state index in [9.17, 15) is 19.3 Å². The molecule has 1 aromatic heterocycles. The van der Waals surface area contributed by atoms with Crippen LogP contribution in [0.4, 0.5) is 15.8 Å². The van der Waals surface area contributed by atoms with E-state index >= 15 is 0 Å². The number of hydrogen-bond acceptors (Lipinski definition) is 5. The molecule has 27 heavy (non-hydrogen) atoms. The van der Waals surface area contributed by atoms with Crippen LogP contribution in [0.1, 0.15) is 28.7 Å². The molecule has 0 aliphatic carbocycles. The zero-order chi connectivity index (χ0) is 19.6. The fourth-order valence-corrected chi connectivity index (χ4v) is 2.74. The average molecular weight is 368 g/mol. The Morgan fingerprint density at radius 1 is 1.30 bits per heavy atom. The Morgan fingerprint density at radius 2 is 2.07 bits per heavy atom. The van der Waals surface area contributed by atoms with Crippen molar-refractivity contribution in [3.63, 3.8) is 0 Å². The topological polar surface area (TPSA) is 90.1 Å². The van der Waals surface area contributed by atoms with Gasteiger partial charge in [-0.05, 0) is 43.7 Å². The first-order chi connectivity index (χ1) is 12.9. The molecule has 0 spiro atoms. The Hall–Kier alpha value is -3.55. The zero-order valence-electron chi connectivity index (χ0n) is 14.8. The number of anilines is 1. The second-order valence-corrected chi connectivity index (χ2v) is 6.03. The van der Waals surface area contributed by atoms with Gasteiger partial charge in [-0.15, -0.1) is 0 Å². The molecule has 0 saturated carbocycles. The van der Waals surface area contributed by atoms with E-state index in [0.717, 1.165) is 0 Å². The molecule has 0 saturated heterocycles. The summed E-state index contributed by atoms with van der Waals surface area (Å²) in [5.41, 5.74) is 1.33. The summed E-state index contributed by atoms with van der Waals surface area (Å²) in [6.07, 6.45) is 3.26. The highest BCUT2D eigenvalue weighted by molar-refractivity contribution is 5.95. The van der Waals surface area contributed by atoms with Gasteiger partial charge in [-0.1, -0.05) is 6.07 Å². The number of aromatic nitrogens is 2. The van der Waals surface area contributed by atoms with Gasteiger partial charge in [-0.25, -0.2) is 9.37 Å². The van der Waals surface area contributed by atoms with Crippen LogP contribution in [0.3, 0.4) is 0 Å². The highest BCUT2D eigenvalue weighted by Crippen LogP contribution is 2.27. The molecular formula is C19H17FN4O3. The smallest absolute Gasteiger partial charge is 0.293 e. The predicted molar refractivity (Wildman–Crippen MR) is 98.7 cm³/mol. The summed E-state index contributed by atoms with van der Waals surface area (Å²) >= 11 is 0. The lowest BCUT2D eigenvalue weighted by molar-refractivity contribution is -0.384. The maximum absolute atomic E-state index is 14.4. The molecule has 7 nitrogen and oxygen atoms in total. The number of rotatable bonds is 6. The minimum absolute atomic E-state index is 0.195. The van der Waals surface area contributed by atoms with Crippen LogP contribution in [0.15, 0.2) is 48.8 Å². The molecule has 3 aromatic rings. The maximum atomic E-state index is 14.4. The van der Waals surface area contributed by atoms with Crippen molar-refractivity contribution in [2.75, 3.05) is 5.32 Å². The van der Waals surface area contributed by atoms with Crippen molar-refractivity contribution in [2.24, 2.45) is 0 Å². The molecule has 0 amide bonds. The van der Waals surface area contributed by atoms with Crippen molar-refractivity contribution < 1.29 is 14.1 Å². The van der Waals surface area contributed by atoms with E-state index in [-0.39, 0.29) is 29.3 Å². The van der Waals surface area contributed by atoms with Crippen LogP contribution < -0.4 is 5.32 Å². The third kappa shape index (κ3) is 3.84. The lowest BCUT2D eigenvalue weighted by Gasteiger charge is -2.11. The molecule has 0 fully saturated rings. The van der Waals surface area contributed by atoms with Crippen LogP contribution in [0, 0.1) is 22.9 Å². The third-order valence-electron chi connectivity index (χ3n) is 4.18. The number of hydrogen-bond donors (Lipinski definition) is 1. The first kappa shape index (κ1) is 18.2. The molecule has 0 radical (unpaired) electrons. The van der Waals surface area contributed by atoms with Crippen LogP contribution in [0.25, 0.3) is 5.69 Å². The number of nitrogens with zero attached hydrogens (tertiary/aromatic N) is 3. The van der Waals surface area contributed by atoms with Gasteiger partial charge in [0.2, 0.25) is 0 Å². The number of nitro benzene ring substituents is 1. The SMILES string of the molecule is CC(=O)c1ccc(NCc2ccc(-n3ccnc3C)c(F)c2)c([N+](=O)[O-])c1. The lowest BCUT2D eigenvalue weighted by Crippen LogP contribution is -2.05. The quantitative estimate of drug-likeness (QED) is 0.403. The largest absolute Gasteiger partial charge is 0.375 e. The number of carbonyl (C=O) groups excluding carboxylic acids is 1. The molecule has 2 aromatic carbocycles. The molecule has 0 atom stereocenters. The van der Waals surface area contributed by atoms with E-state index < -0.39 is 10.7 Å². The van der Waals surface area contributed by atoms with Gasteiger partial charge in [-0.3, -0.25) is 14.9 Å². The fraction of sp³-hybridized carbons (Fsp3) is 0.158. The number of imidazole rings is 1. The van der Waals surface area contributed by atoms with Crippen LogP contribution >= 0.6 is 0 Å². The number of nitrogens with one attached hydrogen (secondary N) is 1. The van der Waals surface area contributed by atoms with E-state index in [2.05, 4.69) is 10.3 Å². The van der Waals surface area contributed by atoms with Gasteiger partial charge >= 0.3 is 0 Å². The van der Waals surface area contributed by atoms with Crippen molar-refractivity contribution >= 4 is 17.2 Å². The molecule has 0 bridgehead atoms. The standard InChI is InChI=1S/C19H17FN4O3/c1-12(25)15-4-5-17(19(10-15)24(26)27)22-11-14-3-6-18(16(20)9-14)23-8-7-21-13(23)2/h3-10,22H,11H2,1-2H3. The highest BCUT2D eigenvalue weighted by Gasteiger charge is 2.16. The summed E-state index contributed by atoms with van der Waals surface area (Å²) in [7, 11) is 0. The van der Waals surface area contributed by atoms with Crippen molar-refractivity contribution in [1.29, 1.82) is 0 Å². The normalized spacial score (nSPS) is 10.6. The summed E-state index contributed by atoms with van der Waals surface area (Å²) in [5, 5.41) is 14.2. The summed E-state index contributed by atoms with van der Waals surface area (Å²) < 4.78 is 16.1. The van der Waals surface area contributed by atoms with Crippen LogP contribution in [0.5, 0.6) is 0 Å². The first-order valence-corrected chi connectivity index (χ1v) is 8.19. The molecule has 138 valence electrons. The van der Waals surface area contributed by atoms with E-state index in [1.165, 1.54) is 31.2 Å². The van der Waals surface area contributed by atoms with E-state index in [0.29, 0.717) is 17.1 Å². The Balaban J connectivity index is 1.81. The summed E-state index contributed by atoms with van der Waals surface area (Å²) in [5.74, 6) is -0.00473. The number of Topliss-reactive ketones (excluding diaryl/α,β-unsaturated/α-hetero) is 1. The van der Waals surface area contributed by atoms with Crippen LogP contribution in [-0.4, -0.2) is 20.3 Å². The summed E-state index contributed by atoms with van der Waals surface area (Å²) in [6, 6.07) is 8.97. The van der Waals surface area contributed by atoms with E-state index in [1.54, 1.807) is 36.0 Å². The molecule has 1 heterocycles. The van der Waals surface area contributed by atoms with E-state index in [4.69, 9.17) is 0 Å². The molecular weight excluding hydrogens is 351 g/mol. The van der Waals surface area contributed by atoms with Crippen molar-refractivity contribution in [1.82, 2.24) is 9.55 Å². The minimum atomic E-state index is -0.555. The molecule has 8 heteroatoms. The van der Waals surface area contributed by atoms with E-state index in [1.807, 2.05) is 0 Å². The van der Waals surface area contributed by atoms with Gasteiger partial charge < -0.3 is 9.88 Å². The second kappa shape index (κ2) is 7.36. The zero-order valence-corrected chi connectivity index (χ0v) is 14.8. The molecule has 0 unspecified atom stereocenters. The fourth-order valence-electron chi connectivity index (χ4n) is 2.74.